The van der Waals surface area contributed by atoms with Crippen LogP contribution in [0.15, 0.2) is 83.8 Å². The molecule has 0 aromatic heterocycles. The predicted molar refractivity (Wildman–Crippen MR) is 131 cm³/mol. The molecule has 0 saturated carbocycles. The lowest BCUT2D eigenvalue weighted by Crippen LogP contribution is -2.53. The van der Waals surface area contributed by atoms with Gasteiger partial charge in [0, 0.05) is 43.5 Å². The SMILES string of the molecule is Cc1cccc(N2CCN(C(=O)c3ccc(CNS(=O)(=O)c4ccccc4)cc3)C[C@H]2C)c1. The van der Waals surface area contributed by atoms with Crippen molar-refractivity contribution in [2.75, 3.05) is 24.5 Å². The van der Waals surface area contributed by atoms with E-state index >= 15 is 0 Å². The Balaban J connectivity index is 1.36. The summed E-state index contributed by atoms with van der Waals surface area (Å²) in [4.78, 5) is 17.5. The zero-order valence-corrected chi connectivity index (χ0v) is 19.8. The third kappa shape index (κ3) is 5.43. The lowest BCUT2D eigenvalue weighted by atomic mass is 10.1. The van der Waals surface area contributed by atoms with Crippen molar-refractivity contribution < 1.29 is 13.2 Å². The van der Waals surface area contributed by atoms with Gasteiger partial charge in [0.25, 0.3) is 5.91 Å². The Morgan fingerprint density at radius 3 is 2.36 bits per heavy atom. The Morgan fingerprint density at radius 1 is 0.970 bits per heavy atom. The molecule has 1 heterocycles. The molecule has 0 radical (unpaired) electrons. The van der Waals surface area contributed by atoms with E-state index in [4.69, 9.17) is 0 Å². The van der Waals surface area contributed by atoms with Crippen LogP contribution in [0.2, 0.25) is 0 Å². The van der Waals surface area contributed by atoms with E-state index in [1.165, 1.54) is 11.3 Å². The number of hydrogen-bond acceptors (Lipinski definition) is 4. The Bertz CT molecular complexity index is 1210. The predicted octanol–water partition coefficient (Wildman–Crippen LogP) is 3.82. The fourth-order valence-electron chi connectivity index (χ4n) is 4.14. The molecule has 3 aromatic carbocycles. The third-order valence-corrected chi connectivity index (χ3v) is 7.39. The molecule has 4 rings (SSSR count). The quantitative estimate of drug-likeness (QED) is 0.603. The number of aryl methyl sites for hydroxylation is 1. The lowest BCUT2D eigenvalue weighted by molar-refractivity contribution is 0.0726. The van der Waals surface area contributed by atoms with Crippen molar-refractivity contribution in [2.45, 2.75) is 31.3 Å². The number of nitrogens with zero attached hydrogens (tertiary/aromatic N) is 2. The first-order chi connectivity index (χ1) is 15.8. The molecular formula is C26H29N3O3S. The van der Waals surface area contributed by atoms with E-state index in [-0.39, 0.29) is 23.4 Å². The molecule has 3 aromatic rings. The number of rotatable bonds is 6. The molecule has 6 nitrogen and oxygen atoms in total. The van der Waals surface area contributed by atoms with E-state index in [0.29, 0.717) is 18.7 Å². The van der Waals surface area contributed by atoms with Gasteiger partial charge < -0.3 is 9.80 Å². The number of carbonyl (C=O) groups is 1. The lowest BCUT2D eigenvalue weighted by Gasteiger charge is -2.41. The van der Waals surface area contributed by atoms with Gasteiger partial charge in [0.15, 0.2) is 0 Å². The van der Waals surface area contributed by atoms with E-state index in [1.807, 2.05) is 4.90 Å². The van der Waals surface area contributed by atoms with E-state index < -0.39 is 10.0 Å². The number of sulfonamides is 1. The van der Waals surface area contributed by atoms with Gasteiger partial charge in [-0.05, 0) is 61.4 Å². The summed E-state index contributed by atoms with van der Waals surface area (Å²) in [6, 6.07) is 24.1. The molecule has 1 saturated heterocycles. The minimum absolute atomic E-state index is 0.00200. The minimum atomic E-state index is -3.57. The second kappa shape index (κ2) is 9.77. The number of carbonyl (C=O) groups excluding carboxylic acids is 1. The first kappa shape index (κ1) is 23.0. The molecular weight excluding hydrogens is 434 g/mol. The van der Waals surface area contributed by atoms with E-state index in [1.54, 1.807) is 54.6 Å². The van der Waals surface area contributed by atoms with Gasteiger partial charge in [-0.1, -0.05) is 42.5 Å². The maximum atomic E-state index is 13.1. The third-order valence-electron chi connectivity index (χ3n) is 5.97. The standard InChI is InChI=1S/C26H29N3O3S/c1-20-7-6-8-24(17-20)29-16-15-28(19-21(29)2)26(30)23-13-11-22(12-14-23)18-27-33(31,32)25-9-4-3-5-10-25/h3-14,17,21,27H,15-16,18-19H2,1-2H3/t21-/m1/s1. The monoisotopic (exact) mass is 463 g/mol. The number of benzene rings is 3. The smallest absolute Gasteiger partial charge is 0.253 e. The molecule has 0 spiro atoms. The van der Waals surface area contributed by atoms with Gasteiger partial charge in [0.1, 0.15) is 0 Å². The van der Waals surface area contributed by atoms with Crippen molar-refractivity contribution in [1.29, 1.82) is 0 Å². The van der Waals surface area contributed by atoms with Gasteiger partial charge in [-0.25, -0.2) is 13.1 Å². The Morgan fingerprint density at radius 2 is 1.70 bits per heavy atom. The summed E-state index contributed by atoms with van der Waals surface area (Å²) < 4.78 is 27.4. The average Bonchev–Trinajstić information content (AvgIpc) is 2.83. The maximum absolute atomic E-state index is 13.1. The molecule has 0 unspecified atom stereocenters. The number of anilines is 1. The Labute approximate surface area is 195 Å². The summed E-state index contributed by atoms with van der Waals surface area (Å²) in [6.45, 7) is 6.50. The van der Waals surface area contributed by atoms with Crippen LogP contribution in [0, 0.1) is 6.92 Å². The first-order valence-corrected chi connectivity index (χ1v) is 12.6. The topological polar surface area (TPSA) is 69.7 Å². The molecule has 33 heavy (non-hydrogen) atoms. The van der Waals surface area contributed by atoms with Crippen molar-refractivity contribution in [3.8, 4) is 0 Å². The largest absolute Gasteiger partial charge is 0.365 e. The molecule has 0 aliphatic carbocycles. The van der Waals surface area contributed by atoms with Crippen LogP contribution in [0.25, 0.3) is 0 Å². The number of amides is 1. The molecule has 0 bridgehead atoms. The van der Waals surface area contributed by atoms with Crippen molar-refractivity contribution in [1.82, 2.24) is 9.62 Å². The van der Waals surface area contributed by atoms with Gasteiger partial charge in [-0.3, -0.25) is 4.79 Å². The highest BCUT2D eigenvalue weighted by Gasteiger charge is 2.27. The highest BCUT2D eigenvalue weighted by molar-refractivity contribution is 7.89. The van der Waals surface area contributed by atoms with Crippen molar-refractivity contribution >= 4 is 21.6 Å². The molecule has 172 valence electrons. The highest BCUT2D eigenvalue weighted by Crippen LogP contribution is 2.22. The van der Waals surface area contributed by atoms with Gasteiger partial charge in [-0.15, -0.1) is 0 Å². The average molecular weight is 464 g/mol. The van der Waals surface area contributed by atoms with Gasteiger partial charge in [0.05, 0.1) is 4.90 Å². The number of piperazine rings is 1. The van der Waals surface area contributed by atoms with Crippen LogP contribution in [0.1, 0.15) is 28.4 Å². The summed E-state index contributed by atoms with van der Waals surface area (Å²) in [6.07, 6.45) is 0. The summed E-state index contributed by atoms with van der Waals surface area (Å²) >= 11 is 0. The normalized spacial score (nSPS) is 16.6. The van der Waals surface area contributed by atoms with E-state index in [2.05, 4.69) is 47.7 Å². The van der Waals surface area contributed by atoms with Gasteiger partial charge in [-0.2, -0.15) is 0 Å². The van der Waals surface area contributed by atoms with Crippen molar-refractivity contribution in [3.63, 3.8) is 0 Å². The zero-order chi connectivity index (χ0) is 23.4. The van der Waals surface area contributed by atoms with Crippen LogP contribution < -0.4 is 9.62 Å². The molecule has 1 N–H and O–H groups in total. The van der Waals surface area contributed by atoms with Crippen LogP contribution in [-0.2, 0) is 16.6 Å². The molecule has 1 atom stereocenters. The van der Waals surface area contributed by atoms with Crippen LogP contribution in [-0.4, -0.2) is 44.9 Å². The number of hydrogen-bond donors (Lipinski definition) is 1. The van der Waals surface area contributed by atoms with E-state index in [9.17, 15) is 13.2 Å². The second-order valence-corrected chi connectivity index (χ2v) is 10.2. The second-order valence-electron chi connectivity index (χ2n) is 8.47. The fourth-order valence-corrected chi connectivity index (χ4v) is 5.18. The van der Waals surface area contributed by atoms with Gasteiger partial charge >= 0.3 is 0 Å². The molecule has 7 heteroatoms. The molecule has 1 aliphatic rings. The summed E-state index contributed by atoms with van der Waals surface area (Å²) in [7, 11) is -3.57. The van der Waals surface area contributed by atoms with Crippen molar-refractivity contribution in [2.24, 2.45) is 0 Å². The first-order valence-electron chi connectivity index (χ1n) is 11.1. The van der Waals surface area contributed by atoms with Gasteiger partial charge in [0.2, 0.25) is 10.0 Å². The highest BCUT2D eigenvalue weighted by atomic mass is 32.2. The summed E-state index contributed by atoms with van der Waals surface area (Å²) in [5, 5.41) is 0. The number of nitrogens with one attached hydrogen (secondary N) is 1. The van der Waals surface area contributed by atoms with Crippen molar-refractivity contribution in [3.05, 3.63) is 95.6 Å². The maximum Gasteiger partial charge on any atom is 0.253 e. The van der Waals surface area contributed by atoms with Crippen LogP contribution >= 0.6 is 0 Å². The van der Waals surface area contributed by atoms with Crippen LogP contribution in [0.5, 0.6) is 0 Å². The Hall–Kier alpha value is -3.16. The van der Waals surface area contributed by atoms with Crippen LogP contribution in [0.4, 0.5) is 5.69 Å². The van der Waals surface area contributed by atoms with Crippen LogP contribution in [0.3, 0.4) is 0 Å². The summed E-state index contributed by atoms with van der Waals surface area (Å²) in [5.74, 6) is 0.00200. The summed E-state index contributed by atoms with van der Waals surface area (Å²) in [5.41, 5.74) is 3.82. The zero-order valence-electron chi connectivity index (χ0n) is 18.9. The molecule has 1 amide bonds. The fraction of sp³-hybridized carbons (Fsp3) is 0.269. The van der Waals surface area contributed by atoms with E-state index in [0.717, 1.165) is 12.1 Å². The Kier molecular flexibility index (Phi) is 6.81. The molecule has 1 fully saturated rings. The molecule has 1 aliphatic heterocycles. The minimum Gasteiger partial charge on any atom is -0.365 e.